The van der Waals surface area contributed by atoms with Crippen LogP contribution in [-0.2, 0) is 6.61 Å². The molecule has 0 aliphatic carbocycles. The van der Waals surface area contributed by atoms with E-state index in [1.165, 1.54) is 18.2 Å². The van der Waals surface area contributed by atoms with Gasteiger partial charge in [-0.05, 0) is 18.2 Å². The smallest absolute Gasteiger partial charge is 0.271 e. The Morgan fingerprint density at radius 1 is 1.33 bits per heavy atom. The van der Waals surface area contributed by atoms with E-state index in [0.717, 1.165) is 11.3 Å². The standard InChI is InChI=1S/C14H10ClN3O3/c15-12-7-11(18(19)20)4-5-13(12)21-9-10-8-17-6-2-1-3-14(17)16-10/h1-8H,9H2. The normalized spacial score (nSPS) is 10.7. The van der Waals surface area contributed by atoms with Gasteiger partial charge in [0.25, 0.3) is 5.69 Å². The third-order valence-electron chi connectivity index (χ3n) is 2.92. The number of fused-ring (bicyclic) bond motifs is 1. The van der Waals surface area contributed by atoms with Gasteiger partial charge in [-0.3, -0.25) is 10.1 Å². The average Bonchev–Trinajstić information content (AvgIpc) is 2.88. The molecule has 7 heteroatoms. The largest absolute Gasteiger partial charge is 0.486 e. The number of benzene rings is 1. The molecule has 2 aromatic heterocycles. The molecule has 0 bridgehead atoms. The van der Waals surface area contributed by atoms with E-state index in [9.17, 15) is 10.1 Å². The molecular weight excluding hydrogens is 294 g/mol. The van der Waals surface area contributed by atoms with Crippen LogP contribution in [0.4, 0.5) is 5.69 Å². The van der Waals surface area contributed by atoms with Crippen molar-refractivity contribution in [3.8, 4) is 5.75 Å². The number of imidazole rings is 1. The van der Waals surface area contributed by atoms with E-state index in [1.54, 1.807) is 0 Å². The lowest BCUT2D eigenvalue weighted by Crippen LogP contribution is -1.97. The summed E-state index contributed by atoms with van der Waals surface area (Å²) in [4.78, 5) is 14.5. The molecule has 0 fully saturated rings. The Labute approximate surface area is 124 Å². The summed E-state index contributed by atoms with van der Waals surface area (Å²) in [6, 6.07) is 9.80. The molecule has 21 heavy (non-hydrogen) atoms. The van der Waals surface area contributed by atoms with Crippen LogP contribution >= 0.6 is 11.6 Å². The molecule has 2 heterocycles. The van der Waals surface area contributed by atoms with E-state index < -0.39 is 4.92 Å². The lowest BCUT2D eigenvalue weighted by atomic mass is 10.3. The van der Waals surface area contributed by atoms with Crippen LogP contribution in [0.25, 0.3) is 5.65 Å². The van der Waals surface area contributed by atoms with E-state index >= 15 is 0 Å². The number of nitro groups is 1. The summed E-state index contributed by atoms with van der Waals surface area (Å²) in [5.74, 6) is 0.388. The first-order valence-electron chi connectivity index (χ1n) is 6.13. The van der Waals surface area contributed by atoms with Gasteiger partial charge in [-0.25, -0.2) is 4.98 Å². The van der Waals surface area contributed by atoms with Gasteiger partial charge in [0.15, 0.2) is 0 Å². The molecule has 0 saturated carbocycles. The van der Waals surface area contributed by atoms with Crippen LogP contribution < -0.4 is 4.74 Å². The van der Waals surface area contributed by atoms with Crippen LogP contribution in [0, 0.1) is 10.1 Å². The van der Waals surface area contributed by atoms with E-state index in [2.05, 4.69) is 4.98 Å². The number of rotatable bonds is 4. The maximum Gasteiger partial charge on any atom is 0.271 e. The predicted molar refractivity (Wildman–Crippen MR) is 77.6 cm³/mol. The summed E-state index contributed by atoms with van der Waals surface area (Å²) >= 11 is 5.96. The third kappa shape index (κ3) is 2.80. The van der Waals surface area contributed by atoms with E-state index in [0.29, 0.717) is 5.75 Å². The first-order chi connectivity index (χ1) is 10.1. The fraction of sp³-hybridized carbons (Fsp3) is 0.0714. The van der Waals surface area contributed by atoms with Crippen LogP contribution in [0.15, 0.2) is 48.8 Å². The zero-order valence-corrected chi connectivity index (χ0v) is 11.5. The summed E-state index contributed by atoms with van der Waals surface area (Å²) in [7, 11) is 0. The van der Waals surface area contributed by atoms with Gasteiger partial charge >= 0.3 is 0 Å². The van der Waals surface area contributed by atoms with Gasteiger partial charge in [-0.1, -0.05) is 17.7 Å². The van der Waals surface area contributed by atoms with Crippen molar-refractivity contribution < 1.29 is 9.66 Å². The van der Waals surface area contributed by atoms with Crippen molar-refractivity contribution in [1.29, 1.82) is 0 Å². The quantitative estimate of drug-likeness (QED) is 0.546. The maximum absolute atomic E-state index is 10.6. The number of pyridine rings is 1. The topological polar surface area (TPSA) is 69.7 Å². The summed E-state index contributed by atoms with van der Waals surface area (Å²) in [5.41, 5.74) is 1.50. The minimum atomic E-state index is -0.502. The molecule has 6 nitrogen and oxygen atoms in total. The Kier molecular flexibility index (Phi) is 3.45. The van der Waals surface area contributed by atoms with Gasteiger partial charge in [0, 0.05) is 24.5 Å². The zero-order valence-electron chi connectivity index (χ0n) is 10.8. The van der Waals surface area contributed by atoms with Gasteiger partial charge in [-0.15, -0.1) is 0 Å². The number of non-ortho nitro benzene ring substituents is 1. The van der Waals surface area contributed by atoms with E-state index in [1.807, 2.05) is 35.0 Å². The van der Waals surface area contributed by atoms with Crippen LogP contribution in [0.2, 0.25) is 5.02 Å². The van der Waals surface area contributed by atoms with Crippen LogP contribution in [0.1, 0.15) is 5.69 Å². The Bertz CT molecular complexity index is 783. The SMILES string of the molecule is O=[N+]([O-])c1ccc(OCc2cn3ccccc3n2)c(Cl)c1. The van der Waals surface area contributed by atoms with Crippen molar-refractivity contribution >= 4 is 22.9 Å². The maximum atomic E-state index is 10.6. The first-order valence-corrected chi connectivity index (χ1v) is 6.50. The highest BCUT2D eigenvalue weighted by Crippen LogP contribution is 2.29. The summed E-state index contributed by atoms with van der Waals surface area (Å²) in [6.45, 7) is 0.235. The van der Waals surface area contributed by atoms with Crippen molar-refractivity contribution in [2.45, 2.75) is 6.61 Å². The Morgan fingerprint density at radius 3 is 2.90 bits per heavy atom. The van der Waals surface area contributed by atoms with Gasteiger partial charge in [0.2, 0.25) is 0 Å². The number of hydrogen-bond acceptors (Lipinski definition) is 4. The fourth-order valence-corrected chi connectivity index (χ4v) is 2.16. The van der Waals surface area contributed by atoms with Crippen molar-refractivity contribution in [1.82, 2.24) is 9.38 Å². The van der Waals surface area contributed by atoms with Crippen molar-refractivity contribution in [3.63, 3.8) is 0 Å². The second kappa shape index (κ2) is 5.41. The van der Waals surface area contributed by atoms with Crippen LogP contribution in [0.5, 0.6) is 5.75 Å². The van der Waals surface area contributed by atoms with Gasteiger partial charge < -0.3 is 9.14 Å². The first kappa shape index (κ1) is 13.4. The molecule has 0 radical (unpaired) electrons. The minimum Gasteiger partial charge on any atom is -0.486 e. The minimum absolute atomic E-state index is 0.0694. The molecule has 3 rings (SSSR count). The van der Waals surface area contributed by atoms with E-state index in [-0.39, 0.29) is 17.3 Å². The molecule has 0 N–H and O–H groups in total. The highest BCUT2D eigenvalue weighted by atomic mass is 35.5. The number of nitrogens with zero attached hydrogens (tertiary/aromatic N) is 3. The monoisotopic (exact) mass is 303 g/mol. The third-order valence-corrected chi connectivity index (χ3v) is 3.21. The zero-order chi connectivity index (χ0) is 14.8. The molecular formula is C14H10ClN3O3. The molecule has 106 valence electrons. The van der Waals surface area contributed by atoms with Gasteiger partial charge in [0.05, 0.1) is 15.6 Å². The van der Waals surface area contributed by atoms with E-state index in [4.69, 9.17) is 16.3 Å². The number of ether oxygens (including phenoxy) is 1. The molecule has 0 aliphatic rings. The van der Waals surface area contributed by atoms with Crippen molar-refractivity contribution in [2.75, 3.05) is 0 Å². The number of nitro benzene ring substituents is 1. The highest BCUT2D eigenvalue weighted by Gasteiger charge is 2.11. The summed E-state index contributed by atoms with van der Waals surface area (Å²) < 4.78 is 7.44. The van der Waals surface area contributed by atoms with Crippen LogP contribution in [-0.4, -0.2) is 14.3 Å². The van der Waals surface area contributed by atoms with Crippen molar-refractivity contribution in [3.05, 3.63) is 69.6 Å². The molecule has 1 aromatic carbocycles. The Hall–Kier alpha value is -2.60. The summed E-state index contributed by atoms with van der Waals surface area (Å²) in [5, 5.41) is 10.8. The fourth-order valence-electron chi connectivity index (χ4n) is 1.93. The Balaban J connectivity index is 1.76. The molecule has 0 spiro atoms. The second-order valence-electron chi connectivity index (χ2n) is 4.36. The van der Waals surface area contributed by atoms with Gasteiger partial charge in [-0.2, -0.15) is 0 Å². The summed E-state index contributed by atoms with van der Waals surface area (Å²) in [6.07, 6.45) is 3.75. The lowest BCUT2D eigenvalue weighted by molar-refractivity contribution is -0.384. The second-order valence-corrected chi connectivity index (χ2v) is 4.77. The van der Waals surface area contributed by atoms with Crippen LogP contribution in [0.3, 0.4) is 0 Å². The molecule has 0 saturated heterocycles. The number of aromatic nitrogens is 2. The number of halogens is 1. The molecule has 0 unspecified atom stereocenters. The lowest BCUT2D eigenvalue weighted by Gasteiger charge is -2.05. The molecule has 0 atom stereocenters. The number of hydrogen-bond donors (Lipinski definition) is 0. The molecule has 3 aromatic rings. The molecule has 0 amide bonds. The Morgan fingerprint density at radius 2 is 2.19 bits per heavy atom. The predicted octanol–water partition coefficient (Wildman–Crippen LogP) is 3.47. The average molecular weight is 304 g/mol. The molecule has 0 aliphatic heterocycles. The van der Waals surface area contributed by atoms with Gasteiger partial charge in [0.1, 0.15) is 18.0 Å². The van der Waals surface area contributed by atoms with Crippen molar-refractivity contribution in [2.24, 2.45) is 0 Å². The highest BCUT2D eigenvalue weighted by molar-refractivity contribution is 6.32.